The molecule has 0 saturated carbocycles. The van der Waals surface area contributed by atoms with Gasteiger partial charge in [0.1, 0.15) is 0 Å². The second-order valence-electron chi connectivity index (χ2n) is 4.63. The van der Waals surface area contributed by atoms with E-state index in [-0.39, 0.29) is 11.9 Å². The molecule has 2 aromatic rings. The average Bonchev–Trinajstić information content (AvgIpc) is 2.98. The normalized spacial score (nSPS) is 12.2. The summed E-state index contributed by atoms with van der Waals surface area (Å²) in [5.74, 6) is 0.483. The molecule has 0 spiro atoms. The van der Waals surface area contributed by atoms with Crippen molar-refractivity contribution in [3.8, 4) is 11.4 Å². The molecule has 0 aliphatic carbocycles. The van der Waals surface area contributed by atoms with Crippen molar-refractivity contribution in [3.05, 3.63) is 29.8 Å². The molecule has 3 N–H and O–H groups in total. The number of aromatic nitrogens is 4. The summed E-state index contributed by atoms with van der Waals surface area (Å²) in [5, 5.41) is 13.7. The average molecular weight is 274 g/mol. The lowest BCUT2D eigenvalue weighted by Gasteiger charge is -2.22. The smallest absolute Gasteiger partial charge is 0.253 e. The van der Waals surface area contributed by atoms with Crippen molar-refractivity contribution in [3.63, 3.8) is 0 Å². The summed E-state index contributed by atoms with van der Waals surface area (Å²) in [6.45, 7) is 5.00. The number of rotatable bonds is 5. The third kappa shape index (κ3) is 3.18. The third-order valence-electron chi connectivity index (χ3n) is 2.91. The van der Waals surface area contributed by atoms with Gasteiger partial charge < -0.3 is 10.6 Å². The second-order valence-corrected chi connectivity index (χ2v) is 4.63. The maximum atomic E-state index is 12.3. The van der Waals surface area contributed by atoms with Crippen LogP contribution in [0.4, 0.5) is 0 Å². The minimum atomic E-state index is -0.0440. The molecule has 1 amide bonds. The van der Waals surface area contributed by atoms with Gasteiger partial charge >= 0.3 is 0 Å². The standard InChI is InChI=1S/C13H18N6O/c1-3-19(8-9(2)14)13(20)11-6-4-10(5-7-11)12-15-17-18-16-12/h4-7,9H,3,8,14H2,1-2H3,(H,15,16,17,18). The van der Waals surface area contributed by atoms with E-state index in [0.29, 0.717) is 24.5 Å². The Morgan fingerprint density at radius 1 is 1.40 bits per heavy atom. The first-order valence-corrected chi connectivity index (χ1v) is 6.50. The minimum absolute atomic E-state index is 0.0236. The summed E-state index contributed by atoms with van der Waals surface area (Å²) in [4.78, 5) is 14.1. The van der Waals surface area contributed by atoms with Gasteiger partial charge in [0.15, 0.2) is 0 Å². The highest BCUT2D eigenvalue weighted by Crippen LogP contribution is 2.15. The Morgan fingerprint density at radius 2 is 2.10 bits per heavy atom. The molecule has 1 aromatic carbocycles. The predicted octanol–water partition coefficient (Wildman–Crippen LogP) is 0.676. The number of carbonyl (C=O) groups is 1. The van der Waals surface area contributed by atoms with E-state index in [4.69, 9.17) is 5.73 Å². The van der Waals surface area contributed by atoms with E-state index >= 15 is 0 Å². The van der Waals surface area contributed by atoms with E-state index in [1.807, 2.05) is 13.8 Å². The molecule has 1 aromatic heterocycles. The van der Waals surface area contributed by atoms with Gasteiger partial charge in [0.25, 0.3) is 5.91 Å². The largest absolute Gasteiger partial charge is 0.337 e. The maximum Gasteiger partial charge on any atom is 0.253 e. The Bertz CT molecular complexity index is 549. The number of amides is 1. The van der Waals surface area contributed by atoms with Crippen molar-refractivity contribution in [2.75, 3.05) is 13.1 Å². The SMILES string of the molecule is CCN(CC(C)N)C(=O)c1ccc(-c2nn[nH]n2)cc1. The molecule has 0 bridgehead atoms. The molecular formula is C13H18N6O. The summed E-state index contributed by atoms with van der Waals surface area (Å²) in [6.07, 6.45) is 0. The molecule has 1 heterocycles. The quantitative estimate of drug-likeness (QED) is 0.834. The van der Waals surface area contributed by atoms with Gasteiger partial charge in [-0.05, 0) is 31.2 Å². The van der Waals surface area contributed by atoms with E-state index in [9.17, 15) is 4.79 Å². The number of carbonyl (C=O) groups excluding carboxylic acids is 1. The van der Waals surface area contributed by atoms with Gasteiger partial charge in [0.05, 0.1) is 0 Å². The third-order valence-corrected chi connectivity index (χ3v) is 2.91. The Hall–Kier alpha value is -2.28. The Kier molecular flexibility index (Phi) is 4.41. The van der Waals surface area contributed by atoms with Gasteiger partial charge in [-0.2, -0.15) is 5.21 Å². The number of nitrogens with zero attached hydrogens (tertiary/aromatic N) is 4. The molecule has 2 rings (SSSR count). The van der Waals surface area contributed by atoms with Crippen LogP contribution < -0.4 is 5.73 Å². The number of nitrogens with two attached hydrogens (primary N) is 1. The highest BCUT2D eigenvalue weighted by Gasteiger charge is 2.15. The zero-order valence-electron chi connectivity index (χ0n) is 11.6. The van der Waals surface area contributed by atoms with Crippen LogP contribution in [0.3, 0.4) is 0 Å². The maximum absolute atomic E-state index is 12.3. The van der Waals surface area contributed by atoms with Crippen molar-refractivity contribution in [1.29, 1.82) is 0 Å². The topological polar surface area (TPSA) is 101 Å². The molecule has 0 fully saturated rings. The van der Waals surface area contributed by atoms with Crippen LogP contribution in [0.1, 0.15) is 24.2 Å². The van der Waals surface area contributed by atoms with Gasteiger partial charge in [-0.1, -0.05) is 12.1 Å². The number of likely N-dealkylation sites (N-methyl/N-ethyl adjacent to an activating group) is 1. The van der Waals surface area contributed by atoms with Crippen LogP contribution in [0.5, 0.6) is 0 Å². The van der Waals surface area contributed by atoms with Crippen LogP contribution >= 0.6 is 0 Å². The number of benzene rings is 1. The zero-order valence-corrected chi connectivity index (χ0v) is 11.6. The van der Waals surface area contributed by atoms with Gasteiger partial charge in [-0.25, -0.2) is 0 Å². The van der Waals surface area contributed by atoms with Crippen LogP contribution in [0.25, 0.3) is 11.4 Å². The molecule has 20 heavy (non-hydrogen) atoms. The van der Waals surface area contributed by atoms with Gasteiger partial charge in [-0.15, -0.1) is 10.2 Å². The summed E-state index contributed by atoms with van der Waals surface area (Å²) >= 11 is 0. The fourth-order valence-corrected chi connectivity index (χ4v) is 1.93. The number of tetrazole rings is 1. The Labute approximate surface area is 117 Å². The van der Waals surface area contributed by atoms with Gasteiger partial charge in [0, 0.05) is 30.3 Å². The number of hydrogen-bond acceptors (Lipinski definition) is 5. The molecular weight excluding hydrogens is 256 g/mol. The highest BCUT2D eigenvalue weighted by molar-refractivity contribution is 5.94. The second kappa shape index (κ2) is 6.25. The Balaban J connectivity index is 2.14. The van der Waals surface area contributed by atoms with Crippen LogP contribution in [0, 0.1) is 0 Å². The lowest BCUT2D eigenvalue weighted by atomic mass is 10.1. The number of aromatic amines is 1. The van der Waals surface area contributed by atoms with Crippen molar-refractivity contribution < 1.29 is 4.79 Å². The molecule has 1 unspecified atom stereocenters. The van der Waals surface area contributed by atoms with Crippen LogP contribution in [0.2, 0.25) is 0 Å². The fourth-order valence-electron chi connectivity index (χ4n) is 1.93. The summed E-state index contributed by atoms with van der Waals surface area (Å²) in [7, 11) is 0. The predicted molar refractivity (Wildman–Crippen MR) is 74.8 cm³/mol. The first-order valence-electron chi connectivity index (χ1n) is 6.50. The summed E-state index contributed by atoms with van der Waals surface area (Å²) in [6, 6.07) is 7.09. The summed E-state index contributed by atoms with van der Waals surface area (Å²) < 4.78 is 0. The van der Waals surface area contributed by atoms with Crippen molar-refractivity contribution >= 4 is 5.91 Å². The highest BCUT2D eigenvalue weighted by atomic mass is 16.2. The number of hydrogen-bond donors (Lipinski definition) is 2. The van der Waals surface area contributed by atoms with E-state index < -0.39 is 0 Å². The minimum Gasteiger partial charge on any atom is -0.337 e. The molecule has 1 atom stereocenters. The van der Waals surface area contributed by atoms with E-state index in [1.54, 1.807) is 29.2 Å². The van der Waals surface area contributed by atoms with Crippen molar-refractivity contribution in [2.45, 2.75) is 19.9 Å². The monoisotopic (exact) mass is 274 g/mol. The lowest BCUT2D eigenvalue weighted by Crippen LogP contribution is -2.39. The Morgan fingerprint density at radius 3 is 2.60 bits per heavy atom. The number of H-pyrrole nitrogens is 1. The molecule has 0 radical (unpaired) electrons. The molecule has 0 saturated heterocycles. The van der Waals surface area contributed by atoms with E-state index in [2.05, 4.69) is 20.6 Å². The molecule has 7 heteroatoms. The summed E-state index contributed by atoms with van der Waals surface area (Å²) in [5.41, 5.74) is 7.19. The zero-order chi connectivity index (χ0) is 14.5. The van der Waals surface area contributed by atoms with E-state index in [0.717, 1.165) is 5.56 Å². The number of nitrogens with one attached hydrogen (secondary N) is 1. The molecule has 7 nitrogen and oxygen atoms in total. The van der Waals surface area contributed by atoms with Crippen molar-refractivity contribution in [2.24, 2.45) is 5.73 Å². The lowest BCUT2D eigenvalue weighted by molar-refractivity contribution is 0.0757. The first-order chi connectivity index (χ1) is 9.61. The fraction of sp³-hybridized carbons (Fsp3) is 0.385. The molecule has 106 valence electrons. The van der Waals surface area contributed by atoms with E-state index in [1.165, 1.54) is 0 Å². The van der Waals surface area contributed by atoms with Crippen LogP contribution in [-0.4, -0.2) is 50.6 Å². The van der Waals surface area contributed by atoms with Crippen molar-refractivity contribution in [1.82, 2.24) is 25.5 Å². The molecule has 0 aliphatic heterocycles. The first kappa shape index (κ1) is 14.1. The van der Waals surface area contributed by atoms with Crippen LogP contribution in [-0.2, 0) is 0 Å². The van der Waals surface area contributed by atoms with Gasteiger partial charge in [0.2, 0.25) is 5.82 Å². The van der Waals surface area contributed by atoms with Crippen LogP contribution in [0.15, 0.2) is 24.3 Å². The molecule has 0 aliphatic rings. The van der Waals surface area contributed by atoms with Gasteiger partial charge in [-0.3, -0.25) is 4.79 Å².